The molecule has 0 saturated carbocycles. The highest BCUT2D eigenvalue weighted by Gasteiger charge is 2.43. The summed E-state index contributed by atoms with van der Waals surface area (Å²) < 4.78 is 41.8. The maximum absolute atomic E-state index is 13.4. The number of alkyl halides is 3. The number of hydrogen-bond acceptors (Lipinski definition) is 4. The van der Waals surface area contributed by atoms with Crippen molar-refractivity contribution in [2.75, 3.05) is 33.2 Å². The second-order valence-electron chi connectivity index (χ2n) is 9.56. The van der Waals surface area contributed by atoms with Crippen LogP contribution < -0.4 is 0 Å². The standard InChI is InChI=1S/C25H25ClF3N5O/c1-32-14-24(15-32)7-10-33(11-8-24)21(35)13-34-16-31-22(17-2-4-19(26)5-3-17)23(34)18-6-9-30-20(12-18)25(27,28)29/h2-6,9,12,16H,7-8,10-11,13-15H2,1H3. The maximum Gasteiger partial charge on any atom is 0.433 e. The topological polar surface area (TPSA) is 54.3 Å². The van der Waals surface area contributed by atoms with Crippen molar-refractivity contribution in [3.05, 3.63) is 59.6 Å². The number of likely N-dealkylation sites (tertiary alicyclic amines) is 2. The quantitative estimate of drug-likeness (QED) is 0.511. The Labute approximate surface area is 206 Å². The van der Waals surface area contributed by atoms with E-state index < -0.39 is 11.9 Å². The highest BCUT2D eigenvalue weighted by atomic mass is 35.5. The zero-order chi connectivity index (χ0) is 24.8. The van der Waals surface area contributed by atoms with Crippen molar-refractivity contribution in [3.63, 3.8) is 0 Å². The van der Waals surface area contributed by atoms with Crippen LogP contribution in [-0.4, -0.2) is 63.5 Å². The number of rotatable bonds is 4. The molecule has 2 aromatic heterocycles. The summed E-state index contributed by atoms with van der Waals surface area (Å²) in [6.45, 7) is 3.50. The number of nitrogens with zero attached hydrogens (tertiary/aromatic N) is 5. The molecule has 10 heteroatoms. The largest absolute Gasteiger partial charge is 0.433 e. The lowest BCUT2D eigenvalue weighted by atomic mass is 9.72. The van der Waals surface area contributed by atoms with E-state index in [0.717, 1.165) is 38.2 Å². The SMILES string of the molecule is CN1CC2(CCN(C(=O)Cn3cnc(-c4ccc(Cl)cc4)c3-c3ccnc(C(F)(F)F)c3)CC2)C1. The first-order chi connectivity index (χ1) is 16.6. The van der Waals surface area contributed by atoms with Crippen molar-refractivity contribution in [1.82, 2.24) is 24.3 Å². The van der Waals surface area contributed by atoms with Gasteiger partial charge in [-0.3, -0.25) is 9.78 Å². The summed E-state index contributed by atoms with van der Waals surface area (Å²) >= 11 is 6.02. The summed E-state index contributed by atoms with van der Waals surface area (Å²) in [5.41, 5.74) is 1.21. The number of aromatic nitrogens is 3. The first-order valence-electron chi connectivity index (χ1n) is 11.4. The number of halogens is 4. The fourth-order valence-corrected chi connectivity index (χ4v) is 5.37. The first kappa shape index (κ1) is 23.8. The fraction of sp³-hybridized carbons (Fsp3) is 0.400. The summed E-state index contributed by atoms with van der Waals surface area (Å²) in [6.07, 6.45) is -0.0132. The minimum Gasteiger partial charge on any atom is -0.341 e. The molecule has 3 aromatic rings. The van der Waals surface area contributed by atoms with Crippen molar-refractivity contribution in [3.8, 4) is 22.5 Å². The van der Waals surface area contributed by atoms with Gasteiger partial charge in [-0.1, -0.05) is 23.7 Å². The Morgan fingerprint density at radius 2 is 1.74 bits per heavy atom. The smallest absolute Gasteiger partial charge is 0.341 e. The van der Waals surface area contributed by atoms with E-state index in [0.29, 0.717) is 40.5 Å². The van der Waals surface area contributed by atoms with E-state index in [9.17, 15) is 18.0 Å². The normalized spacial score (nSPS) is 18.0. The molecule has 0 unspecified atom stereocenters. The Morgan fingerprint density at radius 1 is 1.06 bits per heavy atom. The molecule has 0 aliphatic carbocycles. The van der Waals surface area contributed by atoms with Gasteiger partial charge in [0.2, 0.25) is 5.91 Å². The number of benzene rings is 1. The lowest BCUT2D eigenvalue weighted by molar-refractivity contribution is -0.141. The predicted molar refractivity (Wildman–Crippen MR) is 127 cm³/mol. The van der Waals surface area contributed by atoms with E-state index in [4.69, 9.17) is 11.6 Å². The lowest BCUT2D eigenvalue weighted by Crippen LogP contribution is -2.59. The minimum absolute atomic E-state index is 0.00744. The molecule has 2 fully saturated rings. The van der Waals surface area contributed by atoms with E-state index in [-0.39, 0.29) is 18.0 Å². The maximum atomic E-state index is 13.4. The molecular weight excluding hydrogens is 479 g/mol. The molecule has 6 nitrogen and oxygen atoms in total. The van der Waals surface area contributed by atoms with E-state index in [2.05, 4.69) is 21.9 Å². The van der Waals surface area contributed by atoms with Crippen molar-refractivity contribution in [2.45, 2.75) is 25.6 Å². The molecule has 2 aliphatic heterocycles. The highest BCUT2D eigenvalue weighted by Crippen LogP contribution is 2.40. The Kier molecular flexibility index (Phi) is 6.09. The van der Waals surface area contributed by atoms with Crippen LogP contribution in [0.5, 0.6) is 0 Å². The van der Waals surface area contributed by atoms with Crippen LogP contribution in [0.2, 0.25) is 5.02 Å². The molecule has 0 N–H and O–H groups in total. The third-order valence-corrected chi connectivity index (χ3v) is 7.22. The van der Waals surface area contributed by atoms with Crippen molar-refractivity contribution >= 4 is 17.5 Å². The van der Waals surface area contributed by atoms with Crippen LogP contribution >= 0.6 is 11.6 Å². The number of imidazole rings is 1. The van der Waals surface area contributed by atoms with Gasteiger partial charge < -0.3 is 14.4 Å². The summed E-state index contributed by atoms with van der Waals surface area (Å²) in [7, 11) is 2.10. The molecule has 2 saturated heterocycles. The second kappa shape index (κ2) is 8.95. The number of amides is 1. The van der Waals surface area contributed by atoms with E-state index in [1.165, 1.54) is 12.4 Å². The van der Waals surface area contributed by atoms with Gasteiger partial charge in [-0.2, -0.15) is 13.2 Å². The van der Waals surface area contributed by atoms with Crippen LogP contribution in [0.4, 0.5) is 13.2 Å². The van der Waals surface area contributed by atoms with E-state index in [1.54, 1.807) is 28.8 Å². The molecule has 5 rings (SSSR count). The molecule has 35 heavy (non-hydrogen) atoms. The summed E-state index contributed by atoms with van der Waals surface area (Å²) in [5, 5.41) is 0.536. The first-order valence-corrected chi connectivity index (χ1v) is 11.8. The van der Waals surface area contributed by atoms with E-state index in [1.807, 2.05) is 4.90 Å². The molecule has 0 atom stereocenters. The van der Waals surface area contributed by atoms with E-state index >= 15 is 0 Å². The number of piperidine rings is 1. The zero-order valence-corrected chi connectivity index (χ0v) is 20.0. The molecule has 1 aromatic carbocycles. The highest BCUT2D eigenvalue weighted by molar-refractivity contribution is 6.30. The van der Waals surface area contributed by atoms with Gasteiger partial charge in [-0.15, -0.1) is 0 Å². The van der Waals surface area contributed by atoms with Gasteiger partial charge in [-0.05, 0) is 49.6 Å². The van der Waals surface area contributed by atoms with Crippen molar-refractivity contribution in [2.24, 2.45) is 5.41 Å². The summed E-state index contributed by atoms with van der Waals surface area (Å²) in [4.78, 5) is 25.3. The zero-order valence-electron chi connectivity index (χ0n) is 19.2. The van der Waals surface area contributed by atoms with Gasteiger partial charge in [0, 0.05) is 48.5 Å². The van der Waals surface area contributed by atoms with Crippen LogP contribution in [0.3, 0.4) is 0 Å². The molecule has 0 radical (unpaired) electrons. The van der Waals surface area contributed by atoms with Crippen molar-refractivity contribution < 1.29 is 18.0 Å². The van der Waals surface area contributed by atoms with Crippen LogP contribution in [0.1, 0.15) is 18.5 Å². The Balaban J connectivity index is 1.45. The van der Waals surface area contributed by atoms with Crippen LogP contribution in [0.15, 0.2) is 48.9 Å². The molecule has 1 amide bonds. The monoisotopic (exact) mass is 503 g/mol. The van der Waals surface area contributed by atoms with Gasteiger partial charge in [-0.25, -0.2) is 4.98 Å². The van der Waals surface area contributed by atoms with Gasteiger partial charge >= 0.3 is 6.18 Å². The van der Waals surface area contributed by atoms with Crippen LogP contribution in [0.25, 0.3) is 22.5 Å². The number of carbonyl (C=O) groups excluding carboxylic acids is 1. The molecule has 4 heterocycles. The number of hydrogen-bond donors (Lipinski definition) is 0. The van der Waals surface area contributed by atoms with Gasteiger partial charge in [0.05, 0.1) is 17.7 Å². The van der Waals surface area contributed by atoms with Gasteiger partial charge in [0.1, 0.15) is 12.2 Å². The minimum atomic E-state index is -4.59. The average molecular weight is 504 g/mol. The molecule has 0 bridgehead atoms. The Bertz CT molecular complexity index is 1220. The molecule has 2 aliphatic rings. The lowest BCUT2D eigenvalue weighted by Gasteiger charge is -2.52. The van der Waals surface area contributed by atoms with Crippen LogP contribution in [0, 0.1) is 5.41 Å². The second-order valence-corrected chi connectivity index (χ2v) is 9.99. The van der Waals surface area contributed by atoms with Crippen LogP contribution in [-0.2, 0) is 17.5 Å². The summed E-state index contributed by atoms with van der Waals surface area (Å²) in [5.74, 6) is -0.0704. The van der Waals surface area contributed by atoms with Gasteiger partial charge in [0.15, 0.2) is 0 Å². The third kappa shape index (κ3) is 4.79. The third-order valence-electron chi connectivity index (χ3n) is 6.97. The molecular formula is C25H25ClF3N5O. The number of carbonyl (C=O) groups is 1. The number of pyridine rings is 1. The fourth-order valence-electron chi connectivity index (χ4n) is 5.25. The Morgan fingerprint density at radius 3 is 2.37 bits per heavy atom. The average Bonchev–Trinajstić information content (AvgIpc) is 3.22. The molecule has 1 spiro atoms. The predicted octanol–water partition coefficient (Wildman–Crippen LogP) is 4.84. The Hall–Kier alpha value is -2.91. The summed E-state index contributed by atoms with van der Waals surface area (Å²) in [6, 6.07) is 9.40. The van der Waals surface area contributed by atoms with Crippen molar-refractivity contribution in [1.29, 1.82) is 0 Å². The van der Waals surface area contributed by atoms with Gasteiger partial charge in [0.25, 0.3) is 0 Å². The molecule has 184 valence electrons.